The Balaban J connectivity index is 1.72. The highest BCUT2D eigenvalue weighted by Gasteiger charge is 2.17. The van der Waals surface area contributed by atoms with Crippen molar-refractivity contribution < 1.29 is 9.53 Å². The van der Waals surface area contributed by atoms with Gasteiger partial charge in [0.1, 0.15) is 5.75 Å². The lowest BCUT2D eigenvalue weighted by atomic mass is 10.1. The molecule has 2 heterocycles. The van der Waals surface area contributed by atoms with E-state index in [0.717, 1.165) is 40.8 Å². The van der Waals surface area contributed by atoms with Crippen LogP contribution in [0.1, 0.15) is 6.42 Å². The number of hydrogen-bond acceptors (Lipinski definition) is 7. The zero-order valence-corrected chi connectivity index (χ0v) is 20.8. The molecule has 0 spiro atoms. The van der Waals surface area contributed by atoms with Gasteiger partial charge in [-0.1, -0.05) is 24.8 Å². The van der Waals surface area contributed by atoms with Crippen molar-refractivity contribution in [2.75, 3.05) is 42.8 Å². The monoisotopic (exact) mass is 485 g/mol. The number of rotatable bonds is 10. The number of hydrogen-bond donors (Lipinski definition) is 3. The maximum Gasteiger partial charge on any atom is 0.247 e. The number of fused-ring (bicyclic) bond motifs is 1. The minimum atomic E-state index is -0.311. The van der Waals surface area contributed by atoms with Crippen LogP contribution in [-0.4, -0.2) is 47.7 Å². The Bertz CT molecular complexity index is 1400. The number of nitrogens with zero attached hydrogens (tertiary/aromatic N) is 4. The standard InChI is InChI=1S/C27H31N7O2/c1-5-26(35)30-21-15-22(25(36-4)16-24(21)33(2)14-8-12-28)32-27-29-13-11-20(31-27)19-17-34(3)23-10-7-6-9-18(19)23/h5-7,9-11,13,15-17H,1,8,12,14,28H2,2-4H3,(H,30,35)(H,29,31,32). The molecule has 1 amide bonds. The highest BCUT2D eigenvalue weighted by molar-refractivity contribution is 6.02. The normalized spacial score (nSPS) is 10.8. The first-order valence-electron chi connectivity index (χ1n) is 11.7. The van der Waals surface area contributed by atoms with Gasteiger partial charge in [-0.05, 0) is 37.2 Å². The summed E-state index contributed by atoms with van der Waals surface area (Å²) in [4.78, 5) is 23.4. The zero-order valence-electron chi connectivity index (χ0n) is 20.8. The van der Waals surface area contributed by atoms with Crippen LogP contribution in [0.4, 0.5) is 23.0 Å². The Morgan fingerprint density at radius 3 is 2.81 bits per heavy atom. The Morgan fingerprint density at radius 1 is 1.25 bits per heavy atom. The van der Waals surface area contributed by atoms with Gasteiger partial charge in [-0.25, -0.2) is 9.97 Å². The highest BCUT2D eigenvalue weighted by Crippen LogP contribution is 2.38. The van der Waals surface area contributed by atoms with E-state index >= 15 is 0 Å². The number of nitrogens with two attached hydrogens (primary N) is 1. The predicted molar refractivity (Wildman–Crippen MR) is 146 cm³/mol. The van der Waals surface area contributed by atoms with Crippen molar-refractivity contribution in [3.63, 3.8) is 0 Å². The maximum atomic E-state index is 12.2. The van der Waals surface area contributed by atoms with E-state index in [1.165, 1.54) is 6.08 Å². The number of carbonyl (C=O) groups is 1. The largest absolute Gasteiger partial charge is 0.494 e. The molecule has 2 aromatic carbocycles. The maximum absolute atomic E-state index is 12.2. The molecule has 0 unspecified atom stereocenters. The van der Waals surface area contributed by atoms with Gasteiger partial charge in [0.15, 0.2) is 0 Å². The third-order valence-electron chi connectivity index (χ3n) is 5.94. The summed E-state index contributed by atoms with van der Waals surface area (Å²) in [5, 5.41) is 7.26. The van der Waals surface area contributed by atoms with Gasteiger partial charge in [0.25, 0.3) is 0 Å². The number of benzene rings is 2. The molecule has 9 nitrogen and oxygen atoms in total. The van der Waals surface area contributed by atoms with Crippen LogP contribution in [0.3, 0.4) is 0 Å². The average molecular weight is 486 g/mol. The second kappa shape index (κ2) is 10.9. The van der Waals surface area contributed by atoms with Crippen molar-refractivity contribution in [3.05, 3.63) is 67.5 Å². The van der Waals surface area contributed by atoms with E-state index < -0.39 is 0 Å². The molecule has 2 aromatic heterocycles. The molecule has 0 radical (unpaired) electrons. The number of ether oxygens (including phenoxy) is 1. The molecule has 186 valence electrons. The van der Waals surface area contributed by atoms with Crippen LogP contribution >= 0.6 is 0 Å². The molecule has 0 saturated carbocycles. The van der Waals surface area contributed by atoms with E-state index in [1.807, 2.05) is 49.3 Å². The van der Waals surface area contributed by atoms with E-state index in [2.05, 4.69) is 45.1 Å². The van der Waals surface area contributed by atoms with Gasteiger partial charge < -0.3 is 30.6 Å². The van der Waals surface area contributed by atoms with Gasteiger partial charge in [0.05, 0.1) is 29.9 Å². The first kappa shape index (κ1) is 24.7. The van der Waals surface area contributed by atoms with Crippen LogP contribution < -0.4 is 26.0 Å². The Labute approximate surface area is 210 Å². The number of carbonyl (C=O) groups excluding carboxylic acids is 1. The summed E-state index contributed by atoms with van der Waals surface area (Å²) in [6, 6.07) is 13.8. The lowest BCUT2D eigenvalue weighted by Gasteiger charge is -2.24. The fourth-order valence-electron chi connectivity index (χ4n) is 4.12. The van der Waals surface area contributed by atoms with Gasteiger partial charge in [0.2, 0.25) is 11.9 Å². The Hall–Kier alpha value is -4.37. The second-order valence-corrected chi connectivity index (χ2v) is 8.39. The van der Waals surface area contributed by atoms with E-state index in [0.29, 0.717) is 29.6 Å². The molecule has 0 fully saturated rings. The molecule has 36 heavy (non-hydrogen) atoms. The van der Waals surface area contributed by atoms with E-state index in [1.54, 1.807) is 13.3 Å². The molecule has 0 atom stereocenters. The third-order valence-corrected chi connectivity index (χ3v) is 5.94. The number of methoxy groups -OCH3 is 1. The first-order valence-corrected chi connectivity index (χ1v) is 11.7. The number of aromatic nitrogens is 3. The van der Waals surface area contributed by atoms with Gasteiger partial charge in [0, 0.05) is 55.6 Å². The van der Waals surface area contributed by atoms with Crippen LogP contribution in [0.2, 0.25) is 0 Å². The number of para-hydroxylation sites is 1. The van der Waals surface area contributed by atoms with Gasteiger partial charge in [-0.15, -0.1) is 0 Å². The molecule has 0 saturated heterocycles. The zero-order chi connectivity index (χ0) is 25.7. The number of nitrogens with one attached hydrogen (secondary N) is 2. The quantitative estimate of drug-likeness (QED) is 0.287. The molecule has 4 rings (SSSR count). The van der Waals surface area contributed by atoms with Gasteiger partial charge in [-0.2, -0.15) is 0 Å². The summed E-state index contributed by atoms with van der Waals surface area (Å²) < 4.78 is 7.75. The van der Waals surface area contributed by atoms with Crippen LogP contribution in [0.25, 0.3) is 22.2 Å². The topological polar surface area (TPSA) is 110 Å². The summed E-state index contributed by atoms with van der Waals surface area (Å²) >= 11 is 0. The number of amides is 1. The lowest BCUT2D eigenvalue weighted by molar-refractivity contribution is -0.111. The summed E-state index contributed by atoms with van der Waals surface area (Å²) in [5.74, 6) is 0.679. The summed E-state index contributed by atoms with van der Waals surface area (Å²) in [6.07, 6.45) is 5.82. The third kappa shape index (κ3) is 5.16. The van der Waals surface area contributed by atoms with Crippen LogP contribution in [0.15, 0.2) is 67.5 Å². The average Bonchev–Trinajstić information content (AvgIpc) is 3.24. The summed E-state index contributed by atoms with van der Waals surface area (Å²) in [5.41, 5.74) is 10.6. The Morgan fingerprint density at radius 2 is 2.06 bits per heavy atom. The molecular weight excluding hydrogens is 454 g/mol. The summed E-state index contributed by atoms with van der Waals surface area (Å²) in [6.45, 7) is 4.85. The molecule has 4 aromatic rings. The molecule has 0 aliphatic carbocycles. The fourth-order valence-corrected chi connectivity index (χ4v) is 4.12. The van der Waals surface area contributed by atoms with Crippen LogP contribution in [-0.2, 0) is 11.8 Å². The fraction of sp³-hybridized carbons (Fsp3) is 0.222. The smallest absolute Gasteiger partial charge is 0.247 e. The van der Waals surface area contributed by atoms with Crippen LogP contribution in [0.5, 0.6) is 5.75 Å². The highest BCUT2D eigenvalue weighted by atomic mass is 16.5. The molecular formula is C27H31N7O2. The first-order chi connectivity index (χ1) is 17.4. The Kier molecular flexibility index (Phi) is 7.50. The van der Waals surface area contributed by atoms with Crippen molar-refractivity contribution in [1.29, 1.82) is 0 Å². The SMILES string of the molecule is C=CC(=O)Nc1cc(Nc2nccc(-c3cn(C)c4ccccc34)n2)c(OC)cc1N(C)CCCN. The molecule has 9 heteroatoms. The van der Waals surface area contributed by atoms with Gasteiger partial charge in [-0.3, -0.25) is 4.79 Å². The molecule has 0 aliphatic rings. The van der Waals surface area contributed by atoms with E-state index in [4.69, 9.17) is 15.5 Å². The molecule has 0 bridgehead atoms. The minimum Gasteiger partial charge on any atom is -0.494 e. The predicted octanol–water partition coefficient (Wildman–Crippen LogP) is 4.30. The van der Waals surface area contributed by atoms with Crippen molar-refractivity contribution in [1.82, 2.24) is 14.5 Å². The number of anilines is 4. The van der Waals surface area contributed by atoms with Gasteiger partial charge >= 0.3 is 0 Å². The molecule has 0 aliphatic heterocycles. The lowest BCUT2D eigenvalue weighted by Crippen LogP contribution is -2.23. The molecule has 4 N–H and O–H groups in total. The van der Waals surface area contributed by atoms with Crippen molar-refractivity contribution in [2.24, 2.45) is 12.8 Å². The summed E-state index contributed by atoms with van der Waals surface area (Å²) in [7, 11) is 5.56. The van der Waals surface area contributed by atoms with Crippen molar-refractivity contribution in [3.8, 4) is 17.0 Å². The van der Waals surface area contributed by atoms with E-state index in [9.17, 15) is 4.79 Å². The number of aryl methyl sites for hydroxylation is 1. The van der Waals surface area contributed by atoms with Crippen LogP contribution in [0, 0.1) is 0 Å². The van der Waals surface area contributed by atoms with Crippen molar-refractivity contribution >= 4 is 39.8 Å². The van der Waals surface area contributed by atoms with Crippen molar-refractivity contribution in [2.45, 2.75) is 6.42 Å². The second-order valence-electron chi connectivity index (χ2n) is 8.39. The van der Waals surface area contributed by atoms with E-state index in [-0.39, 0.29) is 5.91 Å². The minimum absolute atomic E-state index is 0.311.